The largest absolute Gasteiger partial charge is 0.467 e. The number of thiophene rings is 1. The maximum Gasteiger partial charge on any atom is 0.264 e. The molecule has 0 aromatic carbocycles. The van der Waals surface area contributed by atoms with Gasteiger partial charge in [0.05, 0.1) is 17.7 Å². The number of anilines is 2. The van der Waals surface area contributed by atoms with Crippen LogP contribution in [0.3, 0.4) is 0 Å². The van der Waals surface area contributed by atoms with Gasteiger partial charge in [-0.1, -0.05) is 6.07 Å². The van der Waals surface area contributed by atoms with Gasteiger partial charge in [-0.3, -0.25) is 4.79 Å². The first-order chi connectivity index (χ1) is 13.2. The molecular formula is C19H21N5O2S. The standard InChI is InChI=1S/C19H21N5O2S/c1-14-12-17(20-13-15-4-2-10-26-15)22-19(21-14)24-8-6-23(7-9-24)18(25)16-5-3-11-27-16/h2-5,10-12H,6-9,13H2,1H3,(H,20,21,22). The Hall–Kier alpha value is -2.87. The minimum Gasteiger partial charge on any atom is -0.467 e. The molecule has 8 heteroatoms. The molecule has 0 aliphatic carbocycles. The number of furan rings is 1. The van der Waals surface area contributed by atoms with Gasteiger partial charge < -0.3 is 19.5 Å². The summed E-state index contributed by atoms with van der Waals surface area (Å²) in [5, 5.41) is 5.21. The van der Waals surface area contributed by atoms with Crippen LogP contribution in [-0.4, -0.2) is 47.0 Å². The molecule has 1 fully saturated rings. The number of hydrogen-bond acceptors (Lipinski definition) is 7. The molecule has 4 rings (SSSR count). The molecule has 3 aromatic rings. The molecule has 1 aliphatic rings. The Labute approximate surface area is 161 Å². The smallest absolute Gasteiger partial charge is 0.264 e. The maximum atomic E-state index is 12.5. The van der Waals surface area contributed by atoms with E-state index in [1.165, 1.54) is 11.3 Å². The lowest BCUT2D eigenvalue weighted by Gasteiger charge is -2.34. The van der Waals surface area contributed by atoms with Crippen LogP contribution in [0.1, 0.15) is 21.1 Å². The Morgan fingerprint density at radius 3 is 2.78 bits per heavy atom. The summed E-state index contributed by atoms with van der Waals surface area (Å²) in [5.74, 6) is 2.43. The van der Waals surface area contributed by atoms with Crippen molar-refractivity contribution in [2.75, 3.05) is 36.4 Å². The van der Waals surface area contributed by atoms with Crippen molar-refractivity contribution in [2.24, 2.45) is 0 Å². The van der Waals surface area contributed by atoms with Crippen LogP contribution in [0.15, 0.2) is 46.4 Å². The van der Waals surface area contributed by atoms with E-state index in [4.69, 9.17) is 4.42 Å². The summed E-state index contributed by atoms with van der Waals surface area (Å²) < 4.78 is 5.34. The highest BCUT2D eigenvalue weighted by atomic mass is 32.1. The lowest BCUT2D eigenvalue weighted by molar-refractivity contribution is 0.0751. The zero-order valence-corrected chi connectivity index (χ0v) is 15.9. The molecule has 1 amide bonds. The van der Waals surface area contributed by atoms with Gasteiger partial charge in [-0.25, -0.2) is 4.98 Å². The quantitative estimate of drug-likeness (QED) is 0.730. The summed E-state index contributed by atoms with van der Waals surface area (Å²) in [6.07, 6.45) is 1.66. The molecule has 0 bridgehead atoms. The van der Waals surface area contributed by atoms with Crippen molar-refractivity contribution < 1.29 is 9.21 Å². The molecule has 7 nitrogen and oxygen atoms in total. The Morgan fingerprint density at radius 1 is 1.22 bits per heavy atom. The Balaban J connectivity index is 1.39. The lowest BCUT2D eigenvalue weighted by atomic mass is 10.3. The van der Waals surface area contributed by atoms with Gasteiger partial charge in [0.1, 0.15) is 11.6 Å². The van der Waals surface area contributed by atoms with Crippen LogP contribution < -0.4 is 10.2 Å². The lowest BCUT2D eigenvalue weighted by Crippen LogP contribution is -2.49. The number of carbonyl (C=O) groups excluding carboxylic acids is 1. The third-order valence-corrected chi connectivity index (χ3v) is 5.31. The predicted molar refractivity (Wildman–Crippen MR) is 105 cm³/mol. The molecule has 1 N–H and O–H groups in total. The van der Waals surface area contributed by atoms with Gasteiger partial charge in [0.15, 0.2) is 0 Å². The fourth-order valence-electron chi connectivity index (χ4n) is 3.04. The zero-order valence-electron chi connectivity index (χ0n) is 15.1. The van der Waals surface area contributed by atoms with Crippen LogP contribution in [0.25, 0.3) is 0 Å². The zero-order chi connectivity index (χ0) is 18.6. The third kappa shape index (κ3) is 4.11. The number of carbonyl (C=O) groups is 1. The molecule has 4 heterocycles. The number of nitrogens with one attached hydrogen (secondary N) is 1. The molecule has 1 aliphatic heterocycles. The van der Waals surface area contributed by atoms with Crippen molar-refractivity contribution in [1.29, 1.82) is 0 Å². The van der Waals surface area contributed by atoms with Crippen molar-refractivity contribution in [3.05, 3.63) is 58.3 Å². The number of hydrogen-bond donors (Lipinski definition) is 1. The summed E-state index contributed by atoms with van der Waals surface area (Å²) in [6, 6.07) is 9.49. The van der Waals surface area contributed by atoms with Gasteiger partial charge in [0, 0.05) is 37.9 Å². The monoisotopic (exact) mass is 383 g/mol. The van der Waals surface area contributed by atoms with Crippen molar-refractivity contribution in [1.82, 2.24) is 14.9 Å². The van der Waals surface area contributed by atoms with Gasteiger partial charge in [-0.05, 0) is 30.5 Å². The molecule has 0 radical (unpaired) electrons. The highest BCUT2D eigenvalue weighted by Gasteiger charge is 2.24. The topological polar surface area (TPSA) is 74.5 Å². The molecule has 0 atom stereocenters. The Bertz CT molecular complexity index is 887. The average molecular weight is 383 g/mol. The molecule has 1 saturated heterocycles. The molecule has 27 heavy (non-hydrogen) atoms. The first-order valence-corrected chi connectivity index (χ1v) is 9.77. The second-order valence-electron chi connectivity index (χ2n) is 6.38. The van der Waals surface area contributed by atoms with Crippen molar-refractivity contribution in [3.8, 4) is 0 Å². The van der Waals surface area contributed by atoms with Gasteiger partial charge in [-0.2, -0.15) is 4.98 Å². The van der Waals surface area contributed by atoms with Crippen LogP contribution in [0.5, 0.6) is 0 Å². The normalized spacial score (nSPS) is 14.4. The first kappa shape index (κ1) is 17.5. The maximum absolute atomic E-state index is 12.5. The van der Waals surface area contributed by atoms with E-state index in [9.17, 15) is 4.79 Å². The fraction of sp³-hybridized carbons (Fsp3) is 0.316. The van der Waals surface area contributed by atoms with Crippen molar-refractivity contribution in [2.45, 2.75) is 13.5 Å². The minimum absolute atomic E-state index is 0.107. The second kappa shape index (κ2) is 7.79. The van der Waals surface area contributed by atoms with E-state index in [2.05, 4.69) is 20.2 Å². The van der Waals surface area contributed by atoms with Crippen LogP contribution in [-0.2, 0) is 6.54 Å². The number of aryl methyl sites for hydroxylation is 1. The van der Waals surface area contributed by atoms with Crippen LogP contribution >= 0.6 is 11.3 Å². The van der Waals surface area contributed by atoms with E-state index in [1.54, 1.807) is 6.26 Å². The summed E-state index contributed by atoms with van der Waals surface area (Å²) in [5.41, 5.74) is 0.902. The molecule has 0 spiro atoms. The molecule has 0 saturated carbocycles. The summed E-state index contributed by atoms with van der Waals surface area (Å²) >= 11 is 1.48. The van der Waals surface area contributed by atoms with E-state index >= 15 is 0 Å². The van der Waals surface area contributed by atoms with Crippen LogP contribution in [0.2, 0.25) is 0 Å². The summed E-state index contributed by atoms with van der Waals surface area (Å²) in [4.78, 5) is 26.5. The summed E-state index contributed by atoms with van der Waals surface area (Å²) in [6.45, 7) is 5.31. The van der Waals surface area contributed by atoms with Crippen molar-refractivity contribution >= 4 is 29.0 Å². The predicted octanol–water partition coefficient (Wildman–Crippen LogP) is 3.01. The molecule has 0 unspecified atom stereocenters. The van der Waals surface area contributed by atoms with E-state index in [0.717, 1.165) is 35.2 Å². The number of nitrogens with zero attached hydrogens (tertiary/aromatic N) is 4. The van der Waals surface area contributed by atoms with Crippen LogP contribution in [0, 0.1) is 6.92 Å². The minimum atomic E-state index is 0.107. The van der Waals surface area contributed by atoms with Crippen LogP contribution in [0.4, 0.5) is 11.8 Å². The van der Waals surface area contributed by atoms with E-state index < -0.39 is 0 Å². The van der Waals surface area contributed by atoms with E-state index in [1.807, 2.05) is 47.5 Å². The van der Waals surface area contributed by atoms with Gasteiger partial charge in [0.2, 0.25) is 5.95 Å². The van der Waals surface area contributed by atoms with Crippen molar-refractivity contribution in [3.63, 3.8) is 0 Å². The third-order valence-electron chi connectivity index (χ3n) is 4.45. The average Bonchev–Trinajstić information content (AvgIpc) is 3.39. The van der Waals surface area contributed by atoms with Gasteiger partial charge in [-0.15, -0.1) is 11.3 Å². The highest BCUT2D eigenvalue weighted by molar-refractivity contribution is 7.12. The molecule has 140 valence electrons. The van der Waals surface area contributed by atoms with E-state index in [0.29, 0.717) is 25.6 Å². The Kier molecular flexibility index (Phi) is 5.06. The first-order valence-electron chi connectivity index (χ1n) is 8.89. The number of rotatable bonds is 5. The second-order valence-corrected chi connectivity index (χ2v) is 7.33. The highest BCUT2D eigenvalue weighted by Crippen LogP contribution is 2.18. The number of aromatic nitrogens is 2. The Morgan fingerprint density at radius 2 is 2.07 bits per heavy atom. The van der Waals surface area contributed by atoms with Gasteiger partial charge >= 0.3 is 0 Å². The van der Waals surface area contributed by atoms with Gasteiger partial charge in [0.25, 0.3) is 5.91 Å². The SMILES string of the molecule is Cc1cc(NCc2ccco2)nc(N2CCN(C(=O)c3cccs3)CC2)n1. The summed E-state index contributed by atoms with van der Waals surface area (Å²) in [7, 11) is 0. The number of amides is 1. The molecule has 3 aromatic heterocycles. The fourth-order valence-corrected chi connectivity index (χ4v) is 3.73. The number of piperazine rings is 1. The molecular weight excluding hydrogens is 362 g/mol. The van der Waals surface area contributed by atoms with E-state index in [-0.39, 0.29) is 5.91 Å².